The molecule has 0 spiro atoms. The van der Waals surface area contributed by atoms with Gasteiger partial charge in [-0.3, -0.25) is 4.90 Å². The standard InChI is InChI=1S/C18H36N2O/c1-15(2)8-10-19-17-12-16(9-11-21)13-20(14-17)18-6-4-3-5-7-18/h15-19,21H,3-14H2,1-2H3. The molecule has 1 saturated carbocycles. The molecule has 0 amide bonds. The fourth-order valence-electron chi connectivity index (χ4n) is 4.10. The van der Waals surface area contributed by atoms with Gasteiger partial charge in [0.05, 0.1) is 0 Å². The molecule has 0 radical (unpaired) electrons. The molecule has 1 heterocycles. The Balaban J connectivity index is 1.84. The summed E-state index contributed by atoms with van der Waals surface area (Å²) >= 11 is 0. The van der Waals surface area contributed by atoms with Gasteiger partial charge in [0.1, 0.15) is 0 Å². The summed E-state index contributed by atoms with van der Waals surface area (Å²) in [5.74, 6) is 1.46. The lowest BCUT2D eigenvalue weighted by molar-refractivity contribution is 0.0676. The van der Waals surface area contributed by atoms with E-state index >= 15 is 0 Å². The van der Waals surface area contributed by atoms with Crippen molar-refractivity contribution in [2.24, 2.45) is 11.8 Å². The minimum Gasteiger partial charge on any atom is -0.396 e. The van der Waals surface area contributed by atoms with Crippen molar-refractivity contribution < 1.29 is 5.11 Å². The highest BCUT2D eigenvalue weighted by molar-refractivity contribution is 4.88. The smallest absolute Gasteiger partial charge is 0.0434 e. The van der Waals surface area contributed by atoms with Crippen molar-refractivity contribution in [3.8, 4) is 0 Å². The molecule has 0 aromatic heterocycles. The van der Waals surface area contributed by atoms with Crippen molar-refractivity contribution >= 4 is 0 Å². The Kier molecular flexibility index (Phi) is 7.48. The highest BCUT2D eigenvalue weighted by Gasteiger charge is 2.31. The number of rotatable bonds is 7. The highest BCUT2D eigenvalue weighted by Crippen LogP contribution is 2.28. The zero-order valence-corrected chi connectivity index (χ0v) is 14.2. The van der Waals surface area contributed by atoms with E-state index in [1.807, 2.05) is 0 Å². The third kappa shape index (κ3) is 5.88. The van der Waals surface area contributed by atoms with Gasteiger partial charge in [0, 0.05) is 31.8 Å². The minimum absolute atomic E-state index is 0.349. The van der Waals surface area contributed by atoms with E-state index in [4.69, 9.17) is 0 Å². The first kappa shape index (κ1) is 17.2. The molecular formula is C18H36N2O. The summed E-state index contributed by atoms with van der Waals surface area (Å²) in [6, 6.07) is 1.45. The second-order valence-corrected chi connectivity index (χ2v) is 7.69. The van der Waals surface area contributed by atoms with E-state index in [2.05, 4.69) is 24.1 Å². The van der Waals surface area contributed by atoms with Crippen LogP contribution >= 0.6 is 0 Å². The summed E-state index contributed by atoms with van der Waals surface area (Å²) < 4.78 is 0. The number of hydrogen-bond donors (Lipinski definition) is 2. The summed E-state index contributed by atoms with van der Waals surface area (Å²) in [4.78, 5) is 2.75. The Bertz CT molecular complexity index is 276. The summed E-state index contributed by atoms with van der Waals surface area (Å²) in [7, 11) is 0. The first-order valence-electron chi connectivity index (χ1n) is 9.27. The molecule has 2 aliphatic rings. The fraction of sp³-hybridized carbons (Fsp3) is 1.00. The molecule has 2 N–H and O–H groups in total. The first-order chi connectivity index (χ1) is 10.2. The van der Waals surface area contributed by atoms with E-state index in [1.54, 1.807) is 0 Å². The van der Waals surface area contributed by atoms with Gasteiger partial charge in [-0.25, -0.2) is 0 Å². The van der Waals surface area contributed by atoms with Gasteiger partial charge in [-0.2, -0.15) is 0 Å². The van der Waals surface area contributed by atoms with Crippen molar-refractivity contribution in [1.82, 2.24) is 10.2 Å². The molecule has 2 rings (SSSR count). The number of nitrogens with one attached hydrogen (secondary N) is 1. The quantitative estimate of drug-likeness (QED) is 0.758. The predicted molar refractivity (Wildman–Crippen MR) is 89.5 cm³/mol. The number of hydrogen-bond acceptors (Lipinski definition) is 3. The van der Waals surface area contributed by atoms with E-state index in [1.165, 1.54) is 58.0 Å². The van der Waals surface area contributed by atoms with E-state index in [0.717, 1.165) is 24.9 Å². The molecule has 0 aromatic rings. The van der Waals surface area contributed by atoms with Crippen molar-refractivity contribution in [3.63, 3.8) is 0 Å². The fourth-order valence-corrected chi connectivity index (χ4v) is 4.10. The lowest BCUT2D eigenvalue weighted by atomic mass is 9.87. The number of piperidine rings is 1. The number of aliphatic hydroxyl groups excluding tert-OH is 1. The van der Waals surface area contributed by atoms with Crippen LogP contribution in [0.25, 0.3) is 0 Å². The topological polar surface area (TPSA) is 35.5 Å². The van der Waals surface area contributed by atoms with Gasteiger partial charge in [0.25, 0.3) is 0 Å². The Morgan fingerprint density at radius 3 is 2.57 bits per heavy atom. The maximum absolute atomic E-state index is 9.31. The Labute approximate surface area is 131 Å². The second kappa shape index (κ2) is 9.12. The van der Waals surface area contributed by atoms with Crippen LogP contribution in [0.15, 0.2) is 0 Å². The van der Waals surface area contributed by atoms with Gasteiger partial charge in [-0.05, 0) is 50.5 Å². The predicted octanol–water partition coefficient (Wildman–Crippen LogP) is 3.03. The average Bonchev–Trinajstić information content (AvgIpc) is 2.48. The van der Waals surface area contributed by atoms with Gasteiger partial charge in [0.15, 0.2) is 0 Å². The Morgan fingerprint density at radius 1 is 1.14 bits per heavy atom. The van der Waals surface area contributed by atoms with E-state index < -0.39 is 0 Å². The third-order valence-corrected chi connectivity index (χ3v) is 5.35. The number of likely N-dealkylation sites (tertiary alicyclic amines) is 1. The van der Waals surface area contributed by atoms with Crippen LogP contribution in [0.2, 0.25) is 0 Å². The molecule has 3 heteroatoms. The second-order valence-electron chi connectivity index (χ2n) is 7.69. The van der Waals surface area contributed by atoms with Gasteiger partial charge < -0.3 is 10.4 Å². The van der Waals surface area contributed by atoms with Crippen molar-refractivity contribution in [2.75, 3.05) is 26.2 Å². The van der Waals surface area contributed by atoms with E-state index in [-0.39, 0.29) is 0 Å². The van der Waals surface area contributed by atoms with Crippen molar-refractivity contribution in [3.05, 3.63) is 0 Å². The number of nitrogens with zero attached hydrogens (tertiary/aromatic N) is 1. The molecule has 1 aliphatic carbocycles. The van der Waals surface area contributed by atoms with Crippen LogP contribution < -0.4 is 5.32 Å². The molecule has 3 nitrogen and oxygen atoms in total. The lowest BCUT2D eigenvalue weighted by Crippen LogP contribution is -2.53. The average molecular weight is 296 g/mol. The molecule has 0 aromatic carbocycles. The van der Waals surface area contributed by atoms with Gasteiger partial charge in [-0.15, -0.1) is 0 Å². The van der Waals surface area contributed by atoms with Crippen molar-refractivity contribution in [2.45, 2.75) is 77.3 Å². The molecule has 1 saturated heterocycles. The summed E-state index contributed by atoms with van der Waals surface area (Å²) in [5.41, 5.74) is 0. The summed E-state index contributed by atoms with van der Waals surface area (Å²) in [5, 5.41) is 13.1. The molecule has 2 atom stereocenters. The van der Waals surface area contributed by atoms with Crippen LogP contribution in [-0.4, -0.2) is 48.3 Å². The van der Waals surface area contributed by atoms with Crippen molar-refractivity contribution in [1.29, 1.82) is 0 Å². The zero-order chi connectivity index (χ0) is 15.1. The normalized spacial score (nSPS) is 29.1. The van der Waals surface area contributed by atoms with Crippen LogP contribution in [0.4, 0.5) is 0 Å². The SMILES string of the molecule is CC(C)CCNC1CC(CCO)CN(C2CCCCC2)C1. The Hall–Kier alpha value is -0.120. The van der Waals surface area contributed by atoms with Crippen LogP contribution in [0.5, 0.6) is 0 Å². The van der Waals surface area contributed by atoms with Gasteiger partial charge >= 0.3 is 0 Å². The first-order valence-corrected chi connectivity index (χ1v) is 9.27. The minimum atomic E-state index is 0.349. The maximum atomic E-state index is 9.31. The molecule has 2 fully saturated rings. The summed E-state index contributed by atoms with van der Waals surface area (Å²) in [6.45, 7) is 8.53. The van der Waals surface area contributed by atoms with Gasteiger partial charge in [-0.1, -0.05) is 33.1 Å². The van der Waals surface area contributed by atoms with Crippen LogP contribution in [0.1, 0.15) is 65.2 Å². The zero-order valence-electron chi connectivity index (χ0n) is 14.2. The molecule has 0 bridgehead atoms. The van der Waals surface area contributed by atoms with Crippen LogP contribution in [-0.2, 0) is 0 Å². The lowest BCUT2D eigenvalue weighted by Gasteiger charge is -2.43. The molecular weight excluding hydrogens is 260 g/mol. The van der Waals surface area contributed by atoms with E-state index in [9.17, 15) is 5.11 Å². The van der Waals surface area contributed by atoms with Gasteiger partial charge in [0.2, 0.25) is 0 Å². The van der Waals surface area contributed by atoms with Crippen LogP contribution in [0, 0.1) is 11.8 Å². The third-order valence-electron chi connectivity index (χ3n) is 5.35. The molecule has 1 aliphatic heterocycles. The summed E-state index contributed by atoms with van der Waals surface area (Å²) in [6.07, 6.45) is 10.5. The maximum Gasteiger partial charge on any atom is 0.0434 e. The molecule has 124 valence electrons. The number of aliphatic hydroxyl groups is 1. The largest absolute Gasteiger partial charge is 0.396 e. The molecule has 2 unspecified atom stereocenters. The monoisotopic (exact) mass is 296 g/mol. The van der Waals surface area contributed by atoms with E-state index in [0.29, 0.717) is 18.6 Å². The highest BCUT2D eigenvalue weighted by atomic mass is 16.3. The Morgan fingerprint density at radius 2 is 1.90 bits per heavy atom. The molecule has 21 heavy (non-hydrogen) atoms. The van der Waals surface area contributed by atoms with Crippen LogP contribution in [0.3, 0.4) is 0 Å².